The third-order valence-electron chi connectivity index (χ3n) is 2.54. The summed E-state index contributed by atoms with van der Waals surface area (Å²) >= 11 is 0. The molecule has 0 aliphatic rings. The van der Waals surface area contributed by atoms with Crippen LogP contribution in [0.15, 0.2) is 45.9 Å². The molecule has 0 unspecified atom stereocenters. The molecule has 0 spiro atoms. The van der Waals surface area contributed by atoms with E-state index in [-0.39, 0.29) is 5.56 Å². The van der Waals surface area contributed by atoms with Crippen molar-refractivity contribution in [2.24, 2.45) is 5.10 Å². The number of benzene rings is 1. The fourth-order valence-electron chi connectivity index (χ4n) is 1.52. The Kier molecular flexibility index (Phi) is 3.75. The summed E-state index contributed by atoms with van der Waals surface area (Å²) in [5.74, 6) is 0.138. The van der Waals surface area contributed by atoms with E-state index in [2.05, 4.69) is 10.5 Å². The summed E-state index contributed by atoms with van der Waals surface area (Å²) in [5, 5.41) is 3.88. The second-order valence-corrected chi connectivity index (χ2v) is 4.03. The molecule has 0 aliphatic heterocycles. The van der Waals surface area contributed by atoms with Crippen LogP contribution < -0.4 is 5.43 Å². The van der Waals surface area contributed by atoms with Crippen molar-refractivity contribution in [3.63, 3.8) is 0 Å². The molecule has 0 fully saturated rings. The minimum absolute atomic E-state index is 0.0466. The van der Waals surface area contributed by atoms with Gasteiger partial charge in [0.25, 0.3) is 5.91 Å². The van der Waals surface area contributed by atoms with Gasteiger partial charge in [-0.2, -0.15) is 5.10 Å². The van der Waals surface area contributed by atoms with E-state index in [1.165, 1.54) is 18.2 Å². The summed E-state index contributed by atoms with van der Waals surface area (Å²) in [6.07, 6.45) is 0. The molecular formula is C14H13FN2O2. The zero-order valence-electron chi connectivity index (χ0n) is 10.6. The van der Waals surface area contributed by atoms with Crippen LogP contribution in [0.4, 0.5) is 4.39 Å². The van der Waals surface area contributed by atoms with Gasteiger partial charge in [-0.25, -0.2) is 9.82 Å². The van der Waals surface area contributed by atoms with Gasteiger partial charge >= 0.3 is 0 Å². The lowest BCUT2D eigenvalue weighted by atomic mass is 10.2. The minimum Gasteiger partial charge on any atom is -0.460 e. The first kappa shape index (κ1) is 13.0. The van der Waals surface area contributed by atoms with E-state index in [0.717, 1.165) is 5.76 Å². The topological polar surface area (TPSA) is 54.6 Å². The van der Waals surface area contributed by atoms with Crippen LogP contribution >= 0.6 is 0 Å². The molecule has 0 saturated carbocycles. The number of amides is 1. The van der Waals surface area contributed by atoms with E-state index >= 15 is 0 Å². The number of rotatable bonds is 3. The van der Waals surface area contributed by atoms with Crippen molar-refractivity contribution in [3.8, 4) is 0 Å². The average Bonchev–Trinajstić information content (AvgIpc) is 2.83. The van der Waals surface area contributed by atoms with E-state index in [4.69, 9.17) is 4.42 Å². The second-order valence-electron chi connectivity index (χ2n) is 4.03. The quantitative estimate of drug-likeness (QED) is 0.681. The lowest BCUT2D eigenvalue weighted by Gasteiger charge is -2.02. The zero-order valence-corrected chi connectivity index (χ0v) is 10.6. The molecule has 98 valence electrons. The predicted octanol–water partition coefficient (Wildman–Crippen LogP) is 2.88. The summed E-state index contributed by atoms with van der Waals surface area (Å²) in [5.41, 5.74) is 2.76. The van der Waals surface area contributed by atoms with Crippen molar-refractivity contribution >= 4 is 11.6 Å². The maximum absolute atomic E-state index is 13.4. The highest BCUT2D eigenvalue weighted by Gasteiger charge is 2.10. The third-order valence-corrected chi connectivity index (χ3v) is 2.54. The van der Waals surface area contributed by atoms with Crippen LogP contribution in [0, 0.1) is 12.7 Å². The van der Waals surface area contributed by atoms with Crippen LogP contribution in [0.3, 0.4) is 0 Å². The van der Waals surface area contributed by atoms with Crippen LogP contribution in [0.5, 0.6) is 0 Å². The van der Waals surface area contributed by atoms with Crippen molar-refractivity contribution in [2.45, 2.75) is 13.8 Å². The Labute approximate surface area is 109 Å². The normalized spacial score (nSPS) is 11.4. The van der Waals surface area contributed by atoms with Gasteiger partial charge in [0.1, 0.15) is 23.0 Å². The maximum atomic E-state index is 13.4. The van der Waals surface area contributed by atoms with Gasteiger partial charge in [0.05, 0.1) is 5.56 Å². The van der Waals surface area contributed by atoms with Crippen LogP contribution in [0.2, 0.25) is 0 Å². The van der Waals surface area contributed by atoms with E-state index in [9.17, 15) is 9.18 Å². The minimum atomic E-state index is -0.597. The van der Waals surface area contributed by atoms with Gasteiger partial charge in [-0.15, -0.1) is 0 Å². The molecule has 2 rings (SSSR count). The Morgan fingerprint density at radius 3 is 2.63 bits per heavy atom. The van der Waals surface area contributed by atoms with Crippen molar-refractivity contribution in [2.75, 3.05) is 0 Å². The number of furan rings is 1. The number of hydrogen-bond donors (Lipinski definition) is 1. The molecule has 5 heteroatoms. The number of hydrogen-bond acceptors (Lipinski definition) is 3. The number of carbonyl (C=O) groups excluding carboxylic acids is 1. The van der Waals surface area contributed by atoms with E-state index in [1.54, 1.807) is 25.1 Å². The maximum Gasteiger partial charge on any atom is 0.274 e. The first-order valence-electron chi connectivity index (χ1n) is 5.74. The standard InChI is InChI=1S/C14H13FN2O2/c1-9-7-8-13(19-9)10(2)16-17-14(18)11-5-3-4-6-12(11)15/h3-8H,1-2H3,(H,17,18)/b16-10-. The molecule has 1 amide bonds. The Hall–Kier alpha value is -2.43. The van der Waals surface area contributed by atoms with Crippen LogP contribution in [0.1, 0.15) is 28.8 Å². The summed E-state index contributed by atoms with van der Waals surface area (Å²) in [6.45, 7) is 3.51. The highest BCUT2D eigenvalue weighted by Crippen LogP contribution is 2.08. The number of carbonyl (C=O) groups is 1. The summed E-state index contributed by atoms with van der Waals surface area (Å²) in [6, 6.07) is 9.28. The van der Waals surface area contributed by atoms with E-state index < -0.39 is 11.7 Å². The number of nitrogens with zero attached hydrogens (tertiary/aromatic N) is 1. The summed E-state index contributed by atoms with van der Waals surface area (Å²) in [7, 11) is 0. The third kappa shape index (κ3) is 3.07. The molecule has 1 aromatic heterocycles. The monoisotopic (exact) mass is 260 g/mol. The van der Waals surface area contributed by atoms with Crippen molar-refractivity contribution in [1.29, 1.82) is 0 Å². The number of nitrogens with one attached hydrogen (secondary N) is 1. The lowest BCUT2D eigenvalue weighted by molar-refractivity contribution is 0.0951. The molecule has 4 nitrogen and oxygen atoms in total. The van der Waals surface area contributed by atoms with Crippen LogP contribution in [0.25, 0.3) is 0 Å². The predicted molar refractivity (Wildman–Crippen MR) is 69.5 cm³/mol. The molecule has 1 N–H and O–H groups in total. The van der Waals surface area contributed by atoms with Crippen LogP contribution in [-0.4, -0.2) is 11.6 Å². The van der Waals surface area contributed by atoms with Gasteiger partial charge in [0.15, 0.2) is 0 Å². The summed E-state index contributed by atoms with van der Waals surface area (Å²) < 4.78 is 18.7. The Balaban J connectivity index is 2.10. The number of hydrazone groups is 1. The van der Waals surface area contributed by atoms with Gasteiger partial charge in [-0.3, -0.25) is 4.79 Å². The molecule has 2 aromatic rings. The van der Waals surface area contributed by atoms with Gasteiger partial charge in [0, 0.05) is 0 Å². The zero-order chi connectivity index (χ0) is 13.8. The largest absolute Gasteiger partial charge is 0.460 e. The van der Waals surface area contributed by atoms with Gasteiger partial charge in [0.2, 0.25) is 0 Å². The molecule has 0 atom stereocenters. The average molecular weight is 260 g/mol. The molecule has 0 radical (unpaired) electrons. The highest BCUT2D eigenvalue weighted by molar-refractivity contribution is 5.99. The number of halogens is 1. The molecule has 1 aromatic carbocycles. The van der Waals surface area contributed by atoms with Gasteiger partial charge < -0.3 is 4.42 Å². The molecule has 1 heterocycles. The fraction of sp³-hybridized carbons (Fsp3) is 0.143. The Bertz CT molecular complexity index is 632. The van der Waals surface area contributed by atoms with E-state index in [0.29, 0.717) is 11.5 Å². The first-order chi connectivity index (χ1) is 9.08. The lowest BCUT2D eigenvalue weighted by Crippen LogP contribution is -2.20. The summed E-state index contributed by atoms with van der Waals surface area (Å²) in [4.78, 5) is 11.7. The van der Waals surface area contributed by atoms with Gasteiger partial charge in [-0.05, 0) is 38.1 Å². The fourth-order valence-corrected chi connectivity index (χ4v) is 1.52. The van der Waals surface area contributed by atoms with Gasteiger partial charge in [-0.1, -0.05) is 12.1 Å². The van der Waals surface area contributed by atoms with Crippen molar-refractivity contribution in [1.82, 2.24) is 5.43 Å². The molecule has 0 saturated heterocycles. The van der Waals surface area contributed by atoms with Crippen molar-refractivity contribution < 1.29 is 13.6 Å². The molecule has 0 bridgehead atoms. The SMILES string of the molecule is C/C(=N/NC(=O)c1ccccc1F)c1ccc(C)o1. The molecular weight excluding hydrogens is 247 g/mol. The molecule has 0 aliphatic carbocycles. The Morgan fingerprint density at radius 2 is 2.00 bits per heavy atom. The van der Waals surface area contributed by atoms with Crippen LogP contribution in [-0.2, 0) is 0 Å². The first-order valence-corrected chi connectivity index (χ1v) is 5.74. The number of aryl methyl sites for hydroxylation is 1. The molecule has 19 heavy (non-hydrogen) atoms. The highest BCUT2D eigenvalue weighted by atomic mass is 19.1. The smallest absolute Gasteiger partial charge is 0.274 e. The van der Waals surface area contributed by atoms with Crippen molar-refractivity contribution in [3.05, 3.63) is 59.3 Å². The van der Waals surface area contributed by atoms with E-state index in [1.807, 2.05) is 6.92 Å². The second kappa shape index (κ2) is 5.48. The Morgan fingerprint density at radius 1 is 1.26 bits per heavy atom.